The van der Waals surface area contributed by atoms with E-state index in [1.807, 2.05) is 23.6 Å². The highest BCUT2D eigenvalue weighted by Crippen LogP contribution is 2.32. The summed E-state index contributed by atoms with van der Waals surface area (Å²) in [5, 5.41) is 15.6. The molecule has 0 saturated carbocycles. The summed E-state index contributed by atoms with van der Waals surface area (Å²) in [6.45, 7) is 8.50. The van der Waals surface area contributed by atoms with Gasteiger partial charge in [0.15, 0.2) is 5.13 Å². The maximum atomic E-state index is 12.5. The number of aliphatic carboxylic acids is 1. The van der Waals surface area contributed by atoms with Crippen molar-refractivity contribution in [2.75, 3.05) is 11.4 Å². The number of carbonyl (C=O) groups excluding carboxylic acids is 1. The zero-order chi connectivity index (χ0) is 24.8. The Hall–Kier alpha value is -2.87. The summed E-state index contributed by atoms with van der Waals surface area (Å²) in [5.41, 5.74) is 3.06. The number of aromatic nitrogens is 1. The topological polar surface area (TPSA) is 82.5 Å². The quantitative estimate of drug-likeness (QED) is 0.315. The fourth-order valence-corrected chi connectivity index (χ4v) is 4.43. The highest BCUT2D eigenvalue weighted by molar-refractivity contribution is 7.14. The Kier molecular flexibility index (Phi) is 8.72. The van der Waals surface area contributed by atoms with Crippen molar-refractivity contribution in [2.24, 2.45) is 5.92 Å². The Labute approximate surface area is 212 Å². The first-order valence-electron chi connectivity index (χ1n) is 10.6. The first-order valence-corrected chi connectivity index (χ1v) is 12.2. The van der Waals surface area contributed by atoms with Crippen LogP contribution in [0.1, 0.15) is 29.8 Å². The van der Waals surface area contributed by atoms with Crippen molar-refractivity contribution in [3.8, 4) is 11.3 Å². The highest BCUT2D eigenvalue weighted by atomic mass is 35.5. The molecule has 3 aromatic rings. The van der Waals surface area contributed by atoms with Crippen molar-refractivity contribution in [2.45, 2.75) is 26.4 Å². The van der Waals surface area contributed by atoms with E-state index in [-0.39, 0.29) is 5.92 Å². The third-order valence-electron chi connectivity index (χ3n) is 5.14. The SMILES string of the molecule is C=CCN(Cc1ccc(C(=O)NC(C(=O)O)C(C)C)cc1)c1nc(-c2ccc(Cl)c(Cl)c2)cs1. The number of carboxylic acids is 1. The number of carboxylic acid groups (broad SMARTS) is 1. The third-order valence-corrected chi connectivity index (χ3v) is 6.78. The molecule has 1 atom stereocenters. The Morgan fingerprint density at radius 2 is 1.88 bits per heavy atom. The van der Waals surface area contributed by atoms with Crippen LogP contribution in [0.2, 0.25) is 10.0 Å². The van der Waals surface area contributed by atoms with Crippen LogP contribution in [0.5, 0.6) is 0 Å². The summed E-state index contributed by atoms with van der Waals surface area (Å²) in [7, 11) is 0. The van der Waals surface area contributed by atoms with E-state index in [1.165, 1.54) is 11.3 Å². The smallest absolute Gasteiger partial charge is 0.326 e. The molecule has 1 aromatic heterocycles. The predicted molar refractivity (Wildman–Crippen MR) is 139 cm³/mol. The minimum atomic E-state index is -1.05. The second-order valence-corrected chi connectivity index (χ2v) is 9.69. The van der Waals surface area contributed by atoms with Gasteiger partial charge in [0.25, 0.3) is 5.91 Å². The van der Waals surface area contributed by atoms with E-state index in [0.717, 1.165) is 22.0 Å². The third kappa shape index (κ3) is 6.38. The predicted octanol–water partition coefficient (Wildman–Crippen LogP) is 6.15. The zero-order valence-corrected chi connectivity index (χ0v) is 21.1. The molecule has 0 aliphatic rings. The molecule has 3 rings (SSSR count). The number of carbonyl (C=O) groups is 2. The maximum Gasteiger partial charge on any atom is 0.326 e. The van der Waals surface area contributed by atoms with Gasteiger partial charge in [-0.25, -0.2) is 9.78 Å². The van der Waals surface area contributed by atoms with Gasteiger partial charge in [0.1, 0.15) is 6.04 Å². The van der Waals surface area contributed by atoms with Crippen molar-refractivity contribution in [3.63, 3.8) is 0 Å². The van der Waals surface area contributed by atoms with Crippen molar-refractivity contribution < 1.29 is 14.7 Å². The molecule has 0 saturated heterocycles. The van der Waals surface area contributed by atoms with Crippen LogP contribution < -0.4 is 10.2 Å². The second kappa shape index (κ2) is 11.5. The van der Waals surface area contributed by atoms with Gasteiger partial charge in [0.2, 0.25) is 0 Å². The number of nitrogens with one attached hydrogen (secondary N) is 1. The van der Waals surface area contributed by atoms with Gasteiger partial charge < -0.3 is 15.3 Å². The highest BCUT2D eigenvalue weighted by Gasteiger charge is 2.24. The molecule has 2 aromatic carbocycles. The number of anilines is 1. The first-order chi connectivity index (χ1) is 16.2. The Morgan fingerprint density at radius 1 is 1.18 bits per heavy atom. The van der Waals surface area contributed by atoms with Crippen LogP contribution in [0.15, 0.2) is 60.5 Å². The molecule has 0 bridgehead atoms. The van der Waals surface area contributed by atoms with Crippen LogP contribution in [-0.4, -0.2) is 34.6 Å². The molecule has 0 spiro atoms. The number of nitrogens with zero attached hydrogens (tertiary/aromatic N) is 2. The summed E-state index contributed by atoms with van der Waals surface area (Å²) < 4.78 is 0. The normalized spacial score (nSPS) is 11.8. The van der Waals surface area contributed by atoms with Crippen LogP contribution in [-0.2, 0) is 11.3 Å². The molecular weight excluding hydrogens is 493 g/mol. The van der Waals surface area contributed by atoms with E-state index in [0.29, 0.717) is 28.7 Å². The van der Waals surface area contributed by atoms with Gasteiger partial charge in [-0.05, 0) is 35.7 Å². The lowest BCUT2D eigenvalue weighted by atomic mass is 10.0. The van der Waals surface area contributed by atoms with Crippen LogP contribution in [0.4, 0.5) is 5.13 Å². The van der Waals surface area contributed by atoms with Gasteiger partial charge in [-0.1, -0.05) is 61.3 Å². The minimum absolute atomic E-state index is 0.222. The van der Waals surface area contributed by atoms with Gasteiger partial charge in [0.05, 0.1) is 15.7 Å². The Morgan fingerprint density at radius 3 is 2.47 bits per heavy atom. The van der Waals surface area contributed by atoms with E-state index in [1.54, 1.807) is 44.2 Å². The molecule has 9 heteroatoms. The number of hydrogen-bond acceptors (Lipinski definition) is 5. The zero-order valence-electron chi connectivity index (χ0n) is 18.8. The first kappa shape index (κ1) is 25.7. The average Bonchev–Trinajstić information content (AvgIpc) is 3.29. The Balaban J connectivity index is 1.73. The lowest BCUT2D eigenvalue weighted by Gasteiger charge is -2.20. The van der Waals surface area contributed by atoms with E-state index in [9.17, 15) is 14.7 Å². The van der Waals surface area contributed by atoms with Crippen molar-refractivity contribution in [1.29, 1.82) is 0 Å². The second-order valence-electron chi connectivity index (χ2n) is 8.04. The molecule has 0 aliphatic heterocycles. The molecule has 34 heavy (non-hydrogen) atoms. The van der Waals surface area contributed by atoms with Gasteiger partial charge in [-0.2, -0.15) is 0 Å². The van der Waals surface area contributed by atoms with E-state index < -0.39 is 17.9 Å². The number of hydrogen-bond donors (Lipinski definition) is 2. The standard InChI is InChI=1S/C25H25Cl2N3O3S/c1-4-11-30(25-28-21(14-34-25)18-9-10-19(26)20(27)12-18)13-16-5-7-17(8-6-16)23(31)29-22(15(2)3)24(32)33/h4-10,12,14-15,22H,1,11,13H2,2-3H3,(H,29,31)(H,32,33). The molecule has 0 fully saturated rings. The number of thiazole rings is 1. The van der Waals surface area contributed by atoms with E-state index >= 15 is 0 Å². The number of benzene rings is 2. The number of rotatable bonds is 10. The molecule has 2 N–H and O–H groups in total. The molecule has 0 radical (unpaired) electrons. The Bertz CT molecular complexity index is 1180. The fourth-order valence-electron chi connectivity index (χ4n) is 3.28. The van der Waals surface area contributed by atoms with Crippen LogP contribution in [0.25, 0.3) is 11.3 Å². The van der Waals surface area contributed by atoms with Crippen LogP contribution >= 0.6 is 34.5 Å². The molecule has 1 heterocycles. The summed E-state index contributed by atoms with van der Waals surface area (Å²) in [4.78, 5) is 30.7. The van der Waals surface area contributed by atoms with E-state index in [2.05, 4.69) is 16.8 Å². The number of amides is 1. The number of halogens is 2. The van der Waals surface area contributed by atoms with Crippen LogP contribution in [0.3, 0.4) is 0 Å². The van der Waals surface area contributed by atoms with Gasteiger partial charge >= 0.3 is 5.97 Å². The fraction of sp³-hybridized carbons (Fsp3) is 0.240. The molecule has 0 aliphatic carbocycles. The summed E-state index contributed by atoms with van der Waals surface area (Å²) in [6.07, 6.45) is 1.81. The van der Waals surface area contributed by atoms with Gasteiger partial charge in [0, 0.05) is 29.6 Å². The van der Waals surface area contributed by atoms with Crippen molar-refractivity contribution >= 4 is 51.5 Å². The summed E-state index contributed by atoms with van der Waals surface area (Å²) >= 11 is 13.7. The summed E-state index contributed by atoms with van der Waals surface area (Å²) in [5.74, 6) is -1.69. The van der Waals surface area contributed by atoms with Crippen molar-refractivity contribution in [3.05, 3.63) is 81.7 Å². The lowest BCUT2D eigenvalue weighted by molar-refractivity contribution is -0.140. The van der Waals surface area contributed by atoms with Gasteiger partial charge in [-0.3, -0.25) is 4.79 Å². The average molecular weight is 518 g/mol. The largest absolute Gasteiger partial charge is 0.480 e. The lowest BCUT2D eigenvalue weighted by Crippen LogP contribution is -2.44. The van der Waals surface area contributed by atoms with Gasteiger partial charge in [-0.15, -0.1) is 17.9 Å². The van der Waals surface area contributed by atoms with Crippen molar-refractivity contribution in [1.82, 2.24) is 10.3 Å². The monoisotopic (exact) mass is 517 g/mol. The molecule has 178 valence electrons. The molecule has 6 nitrogen and oxygen atoms in total. The van der Waals surface area contributed by atoms with Crippen LogP contribution in [0, 0.1) is 5.92 Å². The molecule has 1 amide bonds. The molecule has 1 unspecified atom stereocenters. The van der Waals surface area contributed by atoms with E-state index in [4.69, 9.17) is 28.2 Å². The molecular formula is C25H25Cl2N3O3S. The maximum absolute atomic E-state index is 12.5. The minimum Gasteiger partial charge on any atom is -0.480 e. The summed E-state index contributed by atoms with van der Waals surface area (Å²) in [6, 6.07) is 11.6.